The molecule has 4 heterocycles. The zero-order chi connectivity index (χ0) is 59.8. The molecule has 2 aromatic heterocycles. The highest BCUT2D eigenvalue weighted by atomic mass is 35.5. The maximum atomic E-state index is 13.6. The number of halogens is 1. The Balaban J connectivity index is 0.000000236. The van der Waals surface area contributed by atoms with E-state index in [1.54, 1.807) is 165 Å². The SMILES string of the molecule is CC(C)OC(=O)Cl.COc1cc(-c2ncc(-c3ccc(N4CCCC4=O)cc3S(=O)(=O)NC(C)(C)C)s2)ccc1N.COc1cc(-c2ncc(-c3ccc(N4CCCC4=O)cc3S(=O)(=O)NC(C)(C)C)s2)ccc1NC(=O)OC(C)C. The first-order chi connectivity index (χ1) is 37.9. The van der Waals surface area contributed by atoms with Crippen molar-refractivity contribution in [2.45, 2.75) is 128 Å². The molecular weight excluding hydrogens is 1140 g/mol. The van der Waals surface area contributed by atoms with Crippen molar-refractivity contribution in [3.8, 4) is 53.5 Å². The molecule has 0 aliphatic carbocycles. The molecule has 2 aliphatic heterocycles. The largest absolute Gasteiger partial charge is 0.495 e. The summed E-state index contributed by atoms with van der Waals surface area (Å²) in [7, 11) is -4.78. The van der Waals surface area contributed by atoms with Gasteiger partial charge in [0.2, 0.25) is 31.9 Å². The summed E-state index contributed by atoms with van der Waals surface area (Å²) in [6, 6.07) is 20.8. The highest BCUT2D eigenvalue weighted by Crippen LogP contribution is 2.42. The Bertz CT molecular complexity index is 3500. The number of carbonyl (C=O) groups excluding carboxylic acids is 4. The number of rotatable bonds is 15. The average molecular weight is 1210 g/mol. The Morgan fingerprint density at radius 1 is 0.642 bits per heavy atom. The molecule has 0 radical (unpaired) electrons. The summed E-state index contributed by atoms with van der Waals surface area (Å²) in [4.78, 5) is 60.4. The molecule has 2 fully saturated rings. The van der Waals surface area contributed by atoms with E-state index in [4.69, 9.17) is 31.5 Å². The first-order valence-corrected chi connectivity index (χ1v) is 30.7. The van der Waals surface area contributed by atoms with Gasteiger partial charge in [-0.3, -0.25) is 14.9 Å². The number of amides is 3. The lowest BCUT2D eigenvalue weighted by Gasteiger charge is -2.23. The maximum absolute atomic E-state index is 13.6. The maximum Gasteiger partial charge on any atom is 0.411 e. The van der Waals surface area contributed by atoms with Crippen LogP contribution in [0.4, 0.5) is 32.3 Å². The van der Waals surface area contributed by atoms with Crippen LogP contribution in [0.5, 0.6) is 11.5 Å². The number of benzene rings is 4. The van der Waals surface area contributed by atoms with Crippen molar-refractivity contribution in [3.05, 3.63) is 85.2 Å². The molecule has 0 unspecified atom stereocenters. The number of methoxy groups -OCH3 is 2. The van der Waals surface area contributed by atoms with Crippen LogP contribution in [0.1, 0.15) is 94.9 Å². The van der Waals surface area contributed by atoms with E-state index in [1.807, 2.05) is 6.07 Å². The van der Waals surface area contributed by atoms with Gasteiger partial charge in [0.25, 0.3) is 0 Å². The van der Waals surface area contributed by atoms with E-state index in [1.165, 1.54) is 29.8 Å². The van der Waals surface area contributed by atoms with Gasteiger partial charge in [-0.1, -0.05) is 12.1 Å². The van der Waals surface area contributed by atoms with Crippen molar-refractivity contribution in [2.24, 2.45) is 0 Å². The summed E-state index contributed by atoms with van der Waals surface area (Å²) >= 11 is 7.50. The van der Waals surface area contributed by atoms with E-state index in [0.29, 0.717) is 91.1 Å². The first kappa shape index (κ1) is 63.5. The smallest absolute Gasteiger partial charge is 0.411 e. The predicted octanol–water partition coefficient (Wildman–Crippen LogP) is 11.7. The Kier molecular flexibility index (Phi) is 20.8. The zero-order valence-corrected chi connectivity index (χ0v) is 51.3. The van der Waals surface area contributed by atoms with Crippen LogP contribution < -0.4 is 39.8 Å². The first-order valence-electron chi connectivity index (χ1n) is 25.7. The van der Waals surface area contributed by atoms with Gasteiger partial charge in [-0.15, -0.1) is 22.7 Å². The van der Waals surface area contributed by atoms with E-state index in [0.717, 1.165) is 24.0 Å². The number of thiazole rings is 2. The number of nitrogens with one attached hydrogen (secondary N) is 3. The van der Waals surface area contributed by atoms with Gasteiger partial charge in [-0.25, -0.2) is 45.8 Å². The molecule has 20 nitrogen and oxygen atoms in total. The van der Waals surface area contributed by atoms with Crippen LogP contribution in [-0.2, 0) is 39.1 Å². The van der Waals surface area contributed by atoms with Gasteiger partial charge in [-0.2, -0.15) is 0 Å². The van der Waals surface area contributed by atoms with Gasteiger partial charge in [0, 0.05) is 94.6 Å². The zero-order valence-electron chi connectivity index (χ0n) is 47.3. The minimum atomic E-state index is -3.94. The second kappa shape index (κ2) is 26.5. The summed E-state index contributed by atoms with van der Waals surface area (Å²) in [5.41, 5.74) is 8.46. The second-order valence-corrected chi connectivity index (χ2v) is 27.0. The molecule has 0 saturated carbocycles. The van der Waals surface area contributed by atoms with Crippen molar-refractivity contribution in [2.75, 3.05) is 48.2 Å². The number of nitrogen functional groups attached to an aromatic ring is 1. The summed E-state index contributed by atoms with van der Waals surface area (Å²) in [6.45, 7) is 18.8. The second-order valence-electron chi connectivity index (χ2n) is 21.3. The molecule has 2 aliphatic rings. The Morgan fingerprint density at radius 2 is 1.07 bits per heavy atom. The highest BCUT2D eigenvalue weighted by molar-refractivity contribution is 7.90. The molecule has 81 heavy (non-hydrogen) atoms. The third-order valence-corrected chi connectivity index (χ3v) is 17.4. The van der Waals surface area contributed by atoms with Crippen molar-refractivity contribution in [3.63, 3.8) is 0 Å². The van der Waals surface area contributed by atoms with E-state index >= 15 is 0 Å². The lowest BCUT2D eigenvalue weighted by Crippen LogP contribution is -2.40. The van der Waals surface area contributed by atoms with Crippen molar-refractivity contribution < 1.29 is 55.0 Å². The molecule has 25 heteroatoms. The fourth-order valence-corrected chi connectivity index (χ4v) is 13.9. The minimum Gasteiger partial charge on any atom is -0.495 e. The molecule has 6 aromatic rings. The number of hydrogen-bond donors (Lipinski definition) is 4. The number of anilines is 4. The number of hydrogen-bond acceptors (Lipinski definition) is 17. The summed E-state index contributed by atoms with van der Waals surface area (Å²) < 4.78 is 79.7. The highest BCUT2D eigenvalue weighted by Gasteiger charge is 2.31. The fourth-order valence-electron chi connectivity index (χ4n) is 8.34. The van der Waals surface area contributed by atoms with E-state index < -0.39 is 42.6 Å². The van der Waals surface area contributed by atoms with Crippen molar-refractivity contribution in [1.82, 2.24) is 19.4 Å². The van der Waals surface area contributed by atoms with Crippen LogP contribution in [0.25, 0.3) is 42.0 Å². The van der Waals surface area contributed by atoms with Crippen LogP contribution in [0, 0.1) is 0 Å². The Labute approximate surface area is 486 Å². The van der Waals surface area contributed by atoms with E-state index in [-0.39, 0.29) is 33.8 Å². The Hall–Kier alpha value is -6.67. The van der Waals surface area contributed by atoms with Crippen LogP contribution in [0.3, 0.4) is 0 Å². The lowest BCUT2D eigenvalue weighted by atomic mass is 10.1. The number of nitrogens with two attached hydrogens (primary N) is 1. The van der Waals surface area contributed by atoms with Crippen LogP contribution >= 0.6 is 34.3 Å². The number of aromatic nitrogens is 2. The summed E-state index contributed by atoms with van der Waals surface area (Å²) in [5.74, 6) is 0.945. The van der Waals surface area contributed by atoms with Crippen LogP contribution in [0.15, 0.2) is 95.0 Å². The molecule has 0 atom stereocenters. The van der Waals surface area contributed by atoms with Crippen molar-refractivity contribution >= 4 is 100 Å². The van der Waals surface area contributed by atoms with Gasteiger partial charge >= 0.3 is 11.5 Å². The number of ether oxygens (including phenoxy) is 4. The molecule has 0 bridgehead atoms. The third kappa shape index (κ3) is 17.2. The summed E-state index contributed by atoms with van der Waals surface area (Å²) in [6.07, 6.45) is 4.73. The van der Waals surface area contributed by atoms with Gasteiger partial charge < -0.3 is 34.5 Å². The molecule has 3 amide bonds. The molecule has 4 aromatic carbocycles. The fraction of sp³-hybridized carbons (Fsp3) is 0.393. The normalized spacial score (nSPS) is 13.9. The summed E-state index contributed by atoms with van der Waals surface area (Å²) in [5, 5.41) is 4.01. The molecule has 8 rings (SSSR count). The molecular formula is C56H69ClN8O12S4. The molecule has 436 valence electrons. The van der Waals surface area contributed by atoms with E-state index in [2.05, 4.69) is 29.5 Å². The van der Waals surface area contributed by atoms with Gasteiger partial charge in [0.1, 0.15) is 21.5 Å². The minimum absolute atomic E-state index is 0.00254. The van der Waals surface area contributed by atoms with Crippen LogP contribution in [0.2, 0.25) is 0 Å². The molecule has 0 spiro atoms. The monoisotopic (exact) mass is 1210 g/mol. The molecule has 2 saturated heterocycles. The lowest BCUT2D eigenvalue weighted by molar-refractivity contribution is -0.117. The molecule has 5 N–H and O–H groups in total. The average Bonchev–Trinajstić information content (AvgIpc) is 4.25. The topological polar surface area (TPSA) is 268 Å². The number of carbonyl (C=O) groups is 4. The van der Waals surface area contributed by atoms with Gasteiger partial charge in [0.05, 0.1) is 57.3 Å². The predicted molar refractivity (Wildman–Crippen MR) is 320 cm³/mol. The van der Waals surface area contributed by atoms with Gasteiger partial charge in [0.15, 0.2) is 0 Å². The standard InChI is InChI=1S/C28H34N4O6S2.C24H28N4O4S2.C4H7ClO2/c1-17(2)38-27(34)30-21-12-9-18(14-22(21)37-6)26-29-16-23(39-26)20-11-10-19(32-13-7-8-25(32)33)15-24(20)40(35,36)31-28(3,4)5;1-24(2,3)27-34(30,31)21-13-16(28-11-5-6-22(28)29)8-9-17(21)20-14-26-23(33-20)15-7-10-18(25)19(12-15)32-4;1-3(2)7-4(5)6/h9-12,14-17,31H,7-8,13H2,1-6H3,(H,30,34);7-10,12-14,27H,5-6,11,25H2,1-4H3;3H,1-2H3. The quantitative estimate of drug-likeness (QED) is 0.0550. The number of sulfonamides is 2. The number of nitrogens with zero attached hydrogens (tertiary/aromatic N) is 4. The van der Waals surface area contributed by atoms with E-state index in [9.17, 15) is 36.0 Å². The third-order valence-electron chi connectivity index (χ3n) is 11.5. The van der Waals surface area contributed by atoms with Crippen LogP contribution in [-0.4, -0.2) is 101 Å². The van der Waals surface area contributed by atoms with Crippen molar-refractivity contribution in [1.29, 1.82) is 0 Å². The van der Waals surface area contributed by atoms with Gasteiger partial charge in [-0.05, 0) is 143 Å². The Morgan fingerprint density at radius 3 is 1.44 bits per heavy atom.